The summed E-state index contributed by atoms with van der Waals surface area (Å²) < 4.78 is 23.1. The average Bonchev–Trinajstić information content (AvgIpc) is 3.39. The van der Waals surface area contributed by atoms with Gasteiger partial charge in [0.15, 0.2) is 0 Å². The monoisotopic (exact) mass is 536 g/mol. The first-order valence-electron chi connectivity index (χ1n) is 12.1. The number of ether oxygens (including phenoxy) is 2. The second-order valence-corrected chi connectivity index (χ2v) is 12.1. The van der Waals surface area contributed by atoms with Gasteiger partial charge in [-0.2, -0.15) is 0 Å². The summed E-state index contributed by atoms with van der Waals surface area (Å²) in [5.41, 5.74) is 2.49. The summed E-state index contributed by atoms with van der Waals surface area (Å²) in [6, 6.07) is 24.1. The van der Waals surface area contributed by atoms with Crippen molar-refractivity contribution in [3.63, 3.8) is 0 Å². The molecule has 39 heavy (non-hydrogen) atoms. The van der Waals surface area contributed by atoms with Crippen molar-refractivity contribution in [3.05, 3.63) is 118 Å². The maximum absolute atomic E-state index is 12.5. The summed E-state index contributed by atoms with van der Waals surface area (Å²) in [6.07, 6.45) is 0. The summed E-state index contributed by atoms with van der Waals surface area (Å²) in [5.74, 6) is -2.03. The number of cyclic esters (lactones) is 4. The summed E-state index contributed by atoms with van der Waals surface area (Å²) in [6.45, 7) is 3.90. The lowest BCUT2D eigenvalue weighted by molar-refractivity contribution is 0.0425. The highest BCUT2D eigenvalue weighted by Crippen LogP contribution is 2.27. The van der Waals surface area contributed by atoms with E-state index < -0.39 is 32.4 Å². The topological polar surface area (TPSA) is 105 Å². The van der Waals surface area contributed by atoms with Crippen LogP contribution >= 0.6 is 0 Å². The van der Waals surface area contributed by atoms with Gasteiger partial charge in [-0.1, -0.05) is 47.5 Å². The lowest BCUT2D eigenvalue weighted by atomic mass is 10.1. The Hall–Kier alpha value is -5.02. The third-order valence-corrected chi connectivity index (χ3v) is 9.80. The van der Waals surface area contributed by atoms with E-state index in [9.17, 15) is 19.2 Å². The molecule has 2 aliphatic heterocycles. The van der Waals surface area contributed by atoms with Gasteiger partial charge >= 0.3 is 32.4 Å². The van der Waals surface area contributed by atoms with Crippen molar-refractivity contribution in [2.75, 3.05) is 0 Å². The molecule has 0 spiro atoms. The van der Waals surface area contributed by atoms with Crippen molar-refractivity contribution in [2.45, 2.75) is 13.8 Å². The molecule has 0 N–H and O–H groups in total. The fourth-order valence-electron chi connectivity index (χ4n) is 4.55. The molecule has 0 saturated heterocycles. The van der Waals surface area contributed by atoms with Gasteiger partial charge in [0.05, 0.1) is 22.3 Å². The maximum Gasteiger partial charge on any atom is 0.531 e. The fourth-order valence-corrected chi connectivity index (χ4v) is 7.60. The van der Waals surface area contributed by atoms with Gasteiger partial charge in [-0.25, -0.2) is 19.2 Å². The second kappa shape index (κ2) is 9.07. The Morgan fingerprint density at radius 2 is 0.846 bits per heavy atom. The van der Waals surface area contributed by atoms with E-state index in [2.05, 4.69) is 0 Å². The molecule has 4 aromatic carbocycles. The van der Waals surface area contributed by atoms with Crippen molar-refractivity contribution >= 4 is 42.8 Å². The van der Waals surface area contributed by atoms with E-state index in [1.807, 2.05) is 38.1 Å². The Balaban J connectivity index is 1.61. The quantitative estimate of drug-likeness (QED) is 0.209. The van der Waals surface area contributed by atoms with Crippen molar-refractivity contribution in [3.8, 4) is 11.5 Å². The molecule has 4 aromatic rings. The second-order valence-electron chi connectivity index (χ2n) is 9.32. The highest BCUT2D eigenvalue weighted by atomic mass is 28.4. The third kappa shape index (κ3) is 4.18. The van der Waals surface area contributed by atoms with Gasteiger partial charge in [-0.15, -0.1) is 0 Å². The molecule has 2 aliphatic rings. The smallest absolute Gasteiger partial charge is 0.506 e. The zero-order chi connectivity index (χ0) is 27.3. The first-order valence-corrected chi connectivity index (χ1v) is 13.9. The lowest BCUT2D eigenvalue weighted by Crippen LogP contribution is -2.68. The molecule has 6 rings (SSSR count). The van der Waals surface area contributed by atoms with Gasteiger partial charge in [0, 0.05) is 10.4 Å². The van der Waals surface area contributed by atoms with Crippen LogP contribution in [0.25, 0.3) is 0 Å². The molecule has 9 heteroatoms. The molecule has 0 bridgehead atoms. The Labute approximate surface area is 224 Å². The normalized spacial score (nSPS) is 14.0. The lowest BCUT2D eigenvalue weighted by Gasteiger charge is -2.32. The fraction of sp³-hybridized carbons (Fsp3) is 0.0667. The van der Waals surface area contributed by atoms with E-state index in [-0.39, 0.29) is 22.3 Å². The predicted molar refractivity (Wildman–Crippen MR) is 141 cm³/mol. The van der Waals surface area contributed by atoms with Crippen LogP contribution in [0.4, 0.5) is 0 Å². The molecule has 2 heterocycles. The molecular formula is C30H20O8Si. The number of rotatable bonds is 6. The van der Waals surface area contributed by atoms with Gasteiger partial charge in [-0.3, -0.25) is 0 Å². The van der Waals surface area contributed by atoms with E-state index in [1.165, 1.54) is 24.3 Å². The highest BCUT2D eigenvalue weighted by Gasteiger charge is 2.50. The van der Waals surface area contributed by atoms with Gasteiger partial charge in [-0.05, 0) is 62.4 Å². The molecule has 0 aliphatic carbocycles. The zero-order valence-electron chi connectivity index (χ0n) is 20.8. The third-order valence-electron chi connectivity index (χ3n) is 6.61. The van der Waals surface area contributed by atoms with Crippen LogP contribution in [0.5, 0.6) is 11.5 Å². The van der Waals surface area contributed by atoms with Gasteiger partial charge in [0.25, 0.3) is 0 Å². The summed E-state index contributed by atoms with van der Waals surface area (Å²) >= 11 is 0. The molecule has 8 nitrogen and oxygen atoms in total. The number of fused-ring (bicyclic) bond motifs is 2. The van der Waals surface area contributed by atoms with E-state index in [0.717, 1.165) is 11.1 Å². The van der Waals surface area contributed by atoms with E-state index in [1.54, 1.807) is 36.4 Å². The minimum atomic E-state index is -3.89. The average molecular weight is 537 g/mol. The first-order chi connectivity index (χ1) is 18.7. The molecule has 0 radical (unpaired) electrons. The van der Waals surface area contributed by atoms with Crippen LogP contribution in [0.1, 0.15) is 52.6 Å². The predicted octanol–water partition coefficient (Wildman–Crippen LogP) is 3.64. The van der Waals surface area contributed by atoms with Crippen molar-refractivity contribution < 1.29 is 37.5 Å². The minimum absolute atomic E-state index is 0.0881. The zero-order valence-corrected chi connectivity index (χ0v) is 21.8. The van der Waals surface area contributed by atoms with Crippen LogP contribution in [0, 0.1) is 13.8 Å². The van der Waals surface area contributed by atoms with Crippen LogP contribution in [-0.2, 0) is 9.47 Å². The SMILES string of the molecule is Cc1ccc(O[Si](Oc2ccc(C)cc2)(c2ccc3c(c2)C(=O)OC3=O)c2ccc3c(c2)C(=O)OC3=O)cc1. The Morgan fingerprint density at radius 3 is 1.23 bits per heavy atom. The van der Waals surface area contributed by atoms with E-state index in [0.29, 0.717) is 21.9 Å². The molecule has 0 saturated carbocycles. The number of carbonyl (C=O) groups is 4. The summed E-state index contributed by atoms with van der Waals surface area (Å²) in [5, 5.41) is 0.957. The first kappa shape index (κ1) is 24.3. The number of hydrogen-bond acceptors (Lipinski definition) is 8. The number of carbonyl (C=O) groups excluding carboxylic acids is 4. The molecule has 0 aromatic heterocycles. The Kier molecular flexibility index (Phi) is 5.66. The van der Waals surface area contributed by atoms with Crippen molar-refractivity contribution in [2.24, 2.45) is 0 Å². The Morgan fingerprint density at radius 1 is 0.487 bits per heavy atom. The van der Waals surface area contributed by atoms with Gasteiger partial charge in [0.2, 0.25) is 0 Å². The molecule has 0 unspecified atom stereocenters. The van der Waals surface area contributed by atoms with Crippen molar-refractivity contribution in [1.82, 2.24) is 0 Å². The molecular weight excluding hydrogens is 516 g/mol. The summed E-state index contributed by atoms with van der Waals surface area (Å²) in [7, 11) is -3.89. The number of esters is 4. The van der Waals surface area contributed by atoms with Crippen LogP contribution in [0.3, 0.4) is 0 Å². The number of benzene rings is 4. The molecule has 0 fully saturated rings. The largest absolute Gasteiger partial charge is 0.531 e. The van der Waals surface area contributed by atoms with Gasteiger partial charge < -0.3 is 18.3 Å². The van der Waals surface area contributed by atoms with E-state index in [4.69, 9.17) is 18.3 Å². The van der Waals surface area contributed by atoms with Crippen LogP contribution in [-0.4, -0.2) is 32.4 Å². The maximum atomic E-state index is 12.5. The number of hydrogen-bond donors (Lipinski definition) is 0. The standard InChI is InChI=1S/C30H20O8Si/c1-17-3-7-19(8-4-17)37-39(38-20-9-5-18(2)6-10-20,21-11-13-23-25(15-21)29(33)35-27(23)31)22-12-14-24-26(16-22)30(34)36-28(24)32/h3-16H,1-2H3. The number of aryl methyl sites for hydroxylation is 2. The van der Waals surface area contributed by atoms with Crippen LogP contribution in [0.15, 0.2) is 84.9 Å². The summed E-state index contributed by atoms with van der Waals surface area (Å²) in [4.78, 5) is 49.4. The molecule has 0 amide bonds. The Bertz CT molecular complexity index is 1560. The van der Waals surface area contributed by atoms with Gasteiger partial charge in [0.1, 0.15) is 11.5 Å². The van der Waals surface area contributed by atoms with Crippen LogP contribution < -0.4 is 19.2 Å². The van der Waals surface area contributed by atoms with Crippen LogP contribution in [0.2, 0.25) is 0 Å². The van der Waals surface area contributed by atoms with Crippen molar-refractivity contribution in [1.29, 1.82) is 0 Å². The molecule has 0 atom stereocenters. The molecule has 192 valence electrons. The van der Waals surface area contributed by atoms with E-state index >= 15 is 0 Å². The highest BCUT2D eigenvalue weighted by molar-refractivity contribution is 6.93. The minimum Gasteiger partial charge on any atom is -0.506 e.